The smallest absolute Gasteiger partial charge is 0.162 e. The summed E-state index contributed by atoms with van der Waals surface area (Å²) < 4.78 is 0. The third kappa shape index (κ3) is 2.80. The molecule has 0 aromatic rings. The van der Waals surface area contributed by atoms with Gasteiger partial charge in [0.25, 0.3) is 0 Å². The van der Waals surface area contributed by atoms with E-state index in [2.05, 4.69) is 20.4 Å². The summed E-state index contributed by atoms with van der Waals surface area (Å²) in [6, 6.07) is 0. The lowest BCUT2D eigenvalue weighted by Gasteiger charge is -2.38. The number of carbonyl (C=O) groups is 1. The fourth-order valence-electron chi connectivity index (χ4n) is 2.53. The third-order valence-electron chi connectivity index (χ3n) is 3.31. The Balaban J connectivity index is 2.83. The van der Waals surface area contributed by atoms with Crippen LogP contribution in [0.5, 0.6) is 0 Å². The molecule has 1 heteroatoms. The van der Waals surface area contributed by atoms with E-state index in [0.29, 0.717) is 0 Å². The molecule has 15 heavy (non-hydrogen) atoms. The van der Waals surface area contributed by atoms with E-state index >= 15 is 0 Å². The average molecular weight is 206 g/mol. The van der Waals surface area contributed by atoms with Crippen molar-refractivity contribution in [1.29, 1.82) is 0 Å². The van der Waals surface area contributed by atoms with Crippen molar-refractivity contribution in [2.75, 3.05) is 0 Å². The van der Waals surface area contributed by atoms with Crippen LogP contribution in [0.1, 0.15) is 46.5 Å². The largest absolute Gasteiger partial charge is 0.294 e. The van der Waals surface area contributed by atoms with Crippen LogP contribution in [0.3, 0.4) is 0 Å². The van der Waals surface area contributed by atoms with E-state index in [9.17, 15) is 4.79 Å². The Hall–Kier alpha value is -0.850. The maximum absolute atomic E-state index is 12.0. The summed E-state index contributed by atoms with van der Waals surface area (Å²) in [4.78, 5) is 12.0. The number of rotatable bonds is 3. The van der Waals surface area contributed by atoms with Crippen LogP contribution >= 0.6 is 0 Å². The molecule has 0 saturated heterocycles. The molecular weight excluding hydrogens is 184 g/mol. The minimum atomic E-state index is 0.0362. The molecular formula is C14H22O. The first kappa shape index (κ1) is 12.2. The van der Waals surface area contributed by atoms with Gasteiger partial charge in [-0.25, -0.2) is 0 Å². The van der Waals surface area contributed by atoms with Crippen molar-refractivity contribution in [1.82, 2.24) is 0 Å². The van der Waals surface area contributed by atoms with E-state index < -0.39 is 0 Å². The van der Waals surface area contributed by atoms with Gasteiger partial charge in [0.15, 0.2) is 5.78 Å². The van der Waals surface area contributed by atoms with Gasteiger partial charge in [0.2, 0.25) is 0 Å². The van der Waals surface area contributed by atoms with Gasteiger partial charge in [0.05, 0.1) is 0 Å². The Morgan fingerprint density at radius 2 is 2.27 bits per heavy atom. The highest BCUT2D eigenvalue weighted by Gasteiger charge is 2.38. The molecule has 1 fully saturated rings. The predicted octanol–water partition coefficient (Wildman–Crippen LogP) is 3.90. The summed E-state index contributed by atoms with van der Waals surface area (Å²) in [6.45, 7) is 10.5. The van der Waals surface area contributed by atoms with Gasteiger partial charge in [-0.05, 0) is 37.2 Å². The van der Waals surface area contributed by atoms with Crippen LogP contribution in [-0.4, -0.2) is 5.78 Å². The van der Waals surface area contributed by atoms with Crippen molar-refractivity contribution >= 4 is 5.78 Å². The minimum absolute atomic E-state index is 0.0362. The summed E-state index contributed by atoms with van der Waals surface area (Å²) in [5, 5.41) is 0. The van der Waals surface area contributed by atoms with Crippen LogP contribution in [0.25, 0.3) is 0 Å². The fourth-order valence-corrected chi connectivity index (χ4v) is 2.53. The summed E-state index contributed by atoms with van der Waals surface area (Å²) in [5.74, 6) is 0.278. The average Bonchev–Trinajstić information content (AvgIpc) is 2.13. The second-order valence-corrected chi connectivity index (χ2v) is 5.15. The topological polar surface area (TPSA) is 17.1 Å². The van der Waals surface area contributed by atoms with E-state index in [4.69, 9.17) is 0 Å². The Morgan fingerprint density at radius 1 is 1.60 bits per heavy atom. The van der Waals surface area contributed by atoms with Crippen molar-refractivity contribution in [3.8, 4) is 0 Å². The van der Waals surface area contributed by atoms with Gasteiger partial charge < -0.3 is 0 Å². The van der Waals surface area contributed by atoms with Crippen molar-refractivity contribution in [3.63, 3.8) is 0 Å². The van der Waals surface area contributed by atoms with Gasteiger partial charge >= 0.3 is 0 Å². The lowest BCUT2D eigenvalue weighted by Crippen LogP contribution is -2.34. The van der Waals surface area contributed by atoms with Crippen molar-refractivity contribution in [2.45, 2.75) is 46.5 Å². The molecule has 1 unspecified atom stereocenters. The molecule has 84 valence electrons. The molecule has 0 heterocycles. The molecule has 1 nitrogen and oxygen atoms in total. The molecule has 1 aliphatic carbocycles. The Kier molecular flexibility index (Phi) is 3.90. The molecule has 1 saturated carbocycles. The van der Waals surface area contributed by atoms with Crippen molar-refractivity contribution < 1.29 is 4.79 Å². The zero-order valence-electron chi connectivity index (χ0n) is 10.2. The molecule has 1 atom stereocenters. The molecule has 0 aliphatic heterocycles. The summed E-state index contributed by atoms with van der Waals surface area (Å²) >= 11 is 0. The van der Waals surface area contributed by atoms with Gasteiger partial charge in [0.1, 0.15) is 0 Å². The Bertz CT molecular complexity index is 284. The number of hydrogen-bond donors (Lipinski definition) is 0. The fraction of sp³-hybridized carbons (Fsp3) is 0.643. The summed E-state index contributed by atoms with van der Waals surface area (Å²) in [6.07, 6.45) is 7.92. The first-order chi connectivity index (χ1) is 6.99. The number of allylic oxidation sites excluding steroid dienone is 3. The highest BCUT2D eigenvalue weighted by molar-refractivity contribution is 5.94. The van der Waals surface area contributed by atoms with E-state index in [1.165, 1.54) is 6.42 Å². The van der Waals surface area contributed by atoms with Crippen LogP contribution < -0.4 is 0 Å². The Labute approximate surface area is 93.3 Å². The van der Waals surface area contributed by atoms with Gasteiger partial charge in [-0.2, -0.15) is 0 Å². The second kappa shape index (κ2) is 4.78. The molecule has 0 N–H and O–H groups in total. The zero-order chi connectivity index (χ0) is 11.5. The zero-order valence-corrected chi connectivity index (χ0v) is 10.2. The predicted molar refractivity (Wildman–Crippen MR) is 64.7 cm³/mol. The van der Waals surface area contributed by atoms with Crippen LogP contribution in [0.2, 0.25) is 0 Å². The highest BCUT2D eigenvalue weighted by atomic mass is 16.1. The quantitative estimate of drug-likeness (QED) is 0.505. The number of ketones is 1. The summed E-state index contributed by atoms with van der Waals surface area (Å²) in [7, 11) is 0. The Morgan fingerprint density at radius 3 is 2.80 bits per heavy atom. The highest BCUT2D eigenvalue weighted by Crippen LogP contribution is 2.43. The third-order valence-corrected chi connectivity index (χ3v) is 3.31. The van der Waals surface area contributed by atoms with Crippen LogP contribution in [-0.2, 0) is 4.79 Å². The molecule has 0 bridgehead atoms. The molecule has 0 radical (unpaired) electrons. The monoisotopic (exact) mass is 206 g/mol. The second-order valence-electron chi connectivity index (χ2n) is 5.15. The maximum atomic E-state index is 12.0. The molecule has 1 aliphatic rings. The molecule has 0 aromatic carbocycles. The number of carbonyl (C=O) groups excluding carboxylic acids is 1. The van der Waals surface area contributed by atoms with Gasteiger partial charge in [-0.1, -0.05) is 39.0 Å². The van der Waals surface area contributed by atoms with Crippen LogP contribution in [0.4, 0.5) is 0 Å². The van der Waals surface area contributed by atoms with E-state index in [1.54, 1.807) is 6.08 Å². The lowest BCUT2D eigenvalue weighted by molar-refractivity contribution is -0.120. The first-order valence-electron chi connectivity index (χ1n) is 5.87. The van der Waals surface area contributed by atoms with E-state index in [0.717, 1.165) is 24.8 Å². The van der Waals surface area contributed by atoms with Crippen LogP contribution in [0, 0.1) is 11.3 Å². The summed E-state index contributed by atoms with van der Waals surface area (Å²) in [5.41, 5.74) is 1.21. The van der Waals surface area contributed by atoms with Crippen molar-refractivity contribution in [2.24, 2.45) is 11.3 Å². The first-order valence-corrected chi connectivity index (χ1v) is 5.87. The molecule has 0 amide bonds. The molecule has 0 spiro atoms. The normalized spacial score (nSPS) is 25.8. The number of hydrogen-bond acceptors (Lipinski definition) is 1. The van der Waals surface area contributed by atoms with E-state index in [-0.39, 0.29) is 17.1 Å². The van der Waals surface area contributed by atoms with Crippen molar-refractivity contribution in [3.05, 3.63) is 24.3 Å². The van der Waals surface area contributed by atoms with E-state index in [1.807, 2.05) is 13.0 Å². The lowest BCUT2D eigenvalue weighted by atomic mass is 9.65. The van der Waals surface area contributed by atoms with Gasteiger partial charge in [0, 0.05) is 5.92 Å². The molecule has 1 rings (SSSR count). The molecule has 0 aromatic heterocycles. The van der Waals surface area contributed by atoms with Gasteiger partial charge in [-0.15, -0.1) is 0 Å². The van der Waals surface area contributed by atoms with Crippen LogP contribution in [0.15, 0.2) is 24.3 Å². The standard InChI is InChI=1S/C14H22O/c1-5-6-9-12(15)13-11(2)8-7-10-14(13,3)4/h6,9,13H,2,5,7-8,10H2,1,3-4H3/b9-6+. The maximum Gasteiger partial charge on any atom is 0.162 e. The minimum Gasteiger partial charge on any atom is -0.294 e. The SMILES string of the molecule is C=C1CCCC(C)(C)C1C(=O)/C=C/CC. The van der Waals surface area contributed by atoms with Gasteiger partial charge in [-0.3, -0.25) is 4.79 Å².